The normalized spacial score (nSPS) is 13.5. The molecule has 0 bridgehead atoms. The number of nitrogens with one attached hydrogen (secondary N) is 2. The number of halogens is 2. The number of pyridine rings is 1. The van der Waals surface area contributed by atoms with Crippen LogP contribution in [-0.4, -0.2) is 55.4 Å². The number of benzene rings is 1. The van der Waals surface area contributed by atoms with Gasteiger partial charge in [-0.15, -0.1) is 0 Å². The number of hydrogen-bond acceptors (Lipinski definition) is 4. The van der Waals surface area contributed by atoms with Crippen LogP contribution in [0.15, 0.2) is 36.7 Å². The lowest BCUT2D eigenvalue weighted by Crippen LogP contribution is -2.42. The van der Waals surface area contributed by atoms with Gasteiger partial charge in [0, 0.05) is 32.3 Å². The SMILES string of the molecule is CNC(=O)c1ccc(C[C@@H](CNC(=O)CC(c2cncc(F)c2)C(C)(C)C)N(C)C)cc1F. The zero-order valence-electron chi connectivity index (χ0n) is 20.2. The second-order valence-electron chi connectivity index (χ2n) is 9.58. The van der Waals surface area contributed by atoms with E-state index >= 15 is 0 Å². The molecule has 8 heteroatoms. The van der Waals surface area contributed by atoms with Crippen molar-refractivity contribution in [1.29, 1.82) is 0 Å². The third kappa shape index (κ3) is 7.60. The summed E-state index contributed by atoms with van der Waals surface area (Å²) in [4.78, 5) is 30.4. The van der Waals surface area contributed by atoms with Crippen LogP contribution in [0.5, 0.6) is 0 Å². The summed E-state index contributed by atoms with van der Waals surface area (Å²) in [5.74, 6) is -1.83. The summed E-state index contributed by atoms with van der Waals surface area (Å²) in [5.41, 5.74) is 1.15. The maximum Gasteiger partial charge on any atom is 0.253 e. The van der Waals surface area contributed by atoms with Gasteiger partial charge >= 0.3 is 0 Å². The van der Waals surface area contributed by atoms with Gasteiger partial charge in [0.1, 0.15) is 11.6 Å². The first kappa shape index (κ1) is 26.4. The van der Waals surface area contributed by atoms with Crippen molar-refractivity contribution in [3.05, 3.63) is 65.0 Å². The van der Waals surface area contributed by atoms with Crippen LogP contribution >= 0.6 is 0 Å². The van der Waals surface area contributed by atoms with Crippen molar-refractivity contribution in [1.82, 2.24) is 20.5 Å². The number of amides is 2. The highest BCUT2D eigenvalue weighted by molar-refractivity contribution is 5.94. The van der Waals surface area contributed by atoms with Gasteiger partial charge in [-0.25, -0.2) is 8.78 Å². The molecule has 1 unspecified atom stereocenters. The minimum absolute atomic E-state index is 0.00369. The van der Waals surface area contributed by atoms with E-state index < -0.39 is 17.5 Å². The monoisotopic (exact) mass is 460 g/mol. The van der Waals surface area contributed by atoms with Crippen molar-refractivity contribution in [2.24, 2.45) is 5.41 Å². The summed E-state index contributed by atoms with van der Waals surface area (Å²) in [5, 5.41) is 5.39. The summed E-state index contributed by atoms with van der Waals surface area (Å²) in [6.07, 6.45) is 3.44. The number of nitrogens with zero attached hydrogens (tertiary/aromatic N) is 2. The molecule has 2 amide bonds. The Morgan fingerprint density at radius 2 is 1.82 bits per heavy atom. The number of rotatable bonds is 9. The van der Waals surface area contributed by atoms with Crippen LogP contribution < -0.4 is 10.6 Å². The molecule has 1 heterocycles. The largest absolute Gasteiger partial charge is 0.355 e. The van der Waals surface area contributed by atoms with Crippen LogP contribution in [0.4, 0.5) is 8.78 Å². The molecule has 2 rings (SSSR count). The molecule has 0 saturated heterocycles. The van der Waals surface area contributed by atoms with Gasteiger partial charge in [0.25, 0.3) is 5.91 Å². The van der Waals surface area contributed by atoms with E-state index in [1.807, 2.05) is 39.8 Å². The van der Waals surface area contributed by atoms with Crippen LogP contribution in [-0.2, 0) is 11.2 Å². The maximum absolute atomic E-state index is 14.3. The predicted molar refractivity (Wildman–Crippen MR) is 125 cm³/mol. The van der Waals surface area contributed by atoms with E-state index in [1.165, 1.54) is 25.2 Å². The fraction of sp³-hybridized carbons (Fsp3) is 0.480. The van der Waals surface area contributed by atoms with E-state index in [0.717, 1.165) is 11.8 Å². The fourth-order valence-electron chi connectivity index (χ4n) is 3.75. The zero-order valence-corrected chi connectivity index (χ0v) is 20.2. The first-order valence-electron chi connectivity index (χ1n) is 11.0. The lowest BCUT2D eigenvalue weighted by Gasteiger charge is -2.31. The molecule has 0 aliphatic rings. The Balaban J connectivity index is 2.06. The number of likely N-dealkylation sites (N-methyl/N-ethyl adjacent to an activating group) is 1. The molecule has 0 fully saturated rings. The summed E-state index contributed by atoms with van der Waals surface area (Å²) >= 11 is 0. The Morgan fingerprint density at radius 1 is 1.12 bits per heavy atom. The number of carbonyl (C=O) groups excluding carboxylic acids is 2. The van der Waals surface area contributed by atoms with Gasteiger partial charge in [-0.1, -0.05) is 26.8 Å². The van der Waals surface area contributed by atoms with Crippen LogP contribution in [0.2, 0.25) is 0 Å². The molecule has 1 aromatic heterocycles. The molecule has 1 aromatic carbocycles. The van der Waals surface area contributed by atoms with Gasteiger partial charge in [0.15, 0.2) is 0 Å². The Labute approximate surface area is 194 Å². The summed E-state index contributed by atoms with van der Waals surface area (Å²) in [6.45, 7) is 6.39. The summed E-state index contributed by atoms with van der Waals surface area (Å²) < 4.78 is 28.0. The summed E-state index contributed by atoms with van der Waals surface area (Å²) in [7, 11) is 5.24. The molecule has 0 saturated carbocycles. The van der Waals surface area contributed by atoms with Crippen molar-refractivity contribution < 1.29 is 18.4 Å². The molecule has 0 radical (unpaired) electrons. The quantitative estimate of drug-likeness (QED) is 0.601. The molecular weight excluding hydrogens is 426 g/mol. The minimum Gasteiger partial charge on any atom is -0.355 e. The number of carbonyl (C=O) groups is 2. The van der Waals surface area contributed by atoms with Crippen molar-refractivity contribution >= 4 is 11.8 Å². The van der Waals surface area contributed by atoms with Crippen molar-refractivity contribution in [3.8, 4) is 0 Å². The Hall–Kier alpha value is -2.87. The average molecular weight is 461 g/mol. The van der Waals surface area contributed by atoms with E-state index in [1.54, 1.807) is 12.3 Å². The van der Waals surface area contributed by atoms with E-state index in [2.05, 4.69) is 15.6 Å². The number of aromatic nitrogens is 1. The molecule has 0 aliphatic heterocycles. The van der Waals surface area contributed by atoms with Gasteiger partial charge in [-0.2, -0.15) is 0 Å². The van der Waals surface area contributed by atoms with Gasteiger partial charge < -0.3 is 15.5 Å². The van der Waals surface area contributed by atoms with Gasteiger partial charge in [0.2, 0.25) is 5.91 Å². The third-order valence-electron chi connectivity index (χ3n) is 5.80. The van der Waals surface area contributed by atoms with Crippen molar-refractivity contribution in [2.45, 2.75) is 45.6 Å². The Bertz CT molecular complexity index is 973. The second kappa shape index (κ2) is 11.3. The third-order valence-corrected chi connectivity index (χ3v) is 5.80. The van der Waals surface area contributed by atoms with Gasteiger partial charge in [-0.05, 0) is 61.2 Å². The first-order chi connectivity index (χ1) is 15.4. The molecule has 0 spiro atoms. The smallest absolute Gasteiger partial charge is 0.253 e. The molecular formula is C25H34F2N4O2. The molecule has 2 atom stereocenters. The van der Waals surface area contributed by atoms with Crippen LogP contribution in [0, 0.1) is 17.0 Å². The number of hydrogen-bond donors (Lipinski definition) is 2. The zero-order chi connectivity index (χ0) is 24.8. The lowest BCUT2D eigenvalue weighted by atomic mass is 9.75. The van der Waals surface area contributed by atoms with Crippen LogP contribution in [0.1, 0.15) is 54.6 Å². The van der Waals surface area contributed by atoms with Gasteiger partial charge in [0.05, 0.1) is 11.8 Å². The second-order valence-corrected chi connectivity index (χ2v) is 9.58. The van der Waals surface area contributed by atoms with E-state index in [-0.39, 0.29) is 35.3 Å². The topological polar surface area (TPSA) is 74.3 Å². The average Bonchev–Trinajstić information content (AvgIpc) is 2.73. The molecule has 2 N–H and O–H groups in total. The minimum atomic E-state index is -0.579. The fourth-order valence-corrected chi connectivity index (χ4v) is 3.75. The summed E-state index contributed by atoms with van der Waals surface area (Å²) in [6, 6.07) is 5.89. The predicted octanol–water partition coefficient (Wildman–Crippen LogP) is 3.53. The van der Waals surface area contributed by atoms with Crippen molar-refractivity contribution in [2.75, 3.05) is 27.7 Å². The molecule has 6 nitrogen and oxygen atoms in total. The lowest BCUT2D eigenvalue weighted by molar-refractivity contribution is -0.122. The van der Waals surface area contributed by atoms with E-state index in [4.69, 9.17) is 0 Å². The molecule has 0 aliphatic carbocycles. The molecule has 180 valence electrons. The highest BCUT2D eigenvalue weighted by atomic mass is 19.1. The first-order valence-corrected chi connectivity index (χ1v) is 11.0. The highest BCUT2D eigenvalue weighted by Crippen LogP contribution is 2.37. The maximum atomic E-state index is 14.3. The highest BCUT2D eigenvalue weighted by Gasteiger charge is 2.29. The van der Waals surface area contributed by atoms with Crippen LogP contribution in [0.25, 0.3) is 0 Å². The standard InChI is InChI=1S/C25H34F2N4O2/c1-25(2,3)21(17-11-18(26)14-29-13-17)12-23(32)30-15-19(31(5)6)9-16-7-8-20(22(27)10-16)24(33)28-4/h7-8,10-11,13-14,19,21H,9,12,15H2,1-6H3,(H,28,33)(H,30,32)/t19-,21?/m0/s1. The van der Waals surface area contributed by atoms with Crippen molar-refractivity contribution in [3.63, 3.8) is 0 Å². The van der Waals surface area contributed by atoms with Gasteiger partial charge in [-0.3, -0.25) is 14.6 Å². The van der Waals surface area contributed by atoms with E-state index in [9.17, 15) is 18.4 Å². The van der Waals surface area contributed by atoms with Crippen LogP contribution in [0.3, 0.4) is 0 Å². The molecule has 2 aromatic rings. The van der Waals surface area contributed by atoms with E-state index in [0.29, 0.717) is 18.5 Å². The molecule has 33 heavy (non-hydrogen) atoms. The Morgan fingerprint density at radius 3 is 2.36 bits per heavy atom. The Kier molecular flexibility index (Phi) is 9.05.